The average Bonchev–Trinajstić information content (AvgIpc) is 1.69. The first-order valence-electron chi connectivity index (χ1n) is 29.6. The van der Waals surface area contributed by atoms with E-state index in [1.165, 1.54) is 33.4 Å². The molecule has 0 amide bonds. The maximum absolute atomic E-state index is 13.8. The van der Waals surface area contributed by atoms with E-state index in [1.807, 2.05) is 12.3 Å². The van der Waals surface area contributed by atoms with Crippen LogP contribution in [0.3, 0.4) is 0 Å². The molecule has 0 N–H and O–H groups in total. The quantitative estimate of drug-likeness (QED) is 0.0952. The van der Waals surface area contributed by atoms with Crippen LogP contribution < -0.4 is 11.1 Å². The summed E-state index contributed by atoms with van der Waals surface area (Å²) in [6.45, 7) is 17.6. The van der Waals surface area contributed by atoms with Crippen LogP contribution >= 0.6 is 0 Å². The van der Waals surface area contributed by atoms with E-state index >= 15 is 0 Å². The Hall–Kier alpha value is -8.42. The molecule has 0 aliphatic heterocycles. The number of benzene rings is 7. The van der Waals surface area contributed by atoms with Crippen LogP contribution in [0.4, 0.5) is 0 Å². The summed E-state index contributed by atoms with van der Waals surface area (Å²) in [5.41, 5.74) is 19.9. The number of rotatable bonds is 11. The molecular formula is C77H66IrN5O2. The van der Waals surface area contributed by atoms with Gasteiger partial charge in [0.05, 0.1) is 11.3 Å². The minimum Gasteiger partial charge on any atom is -0.345 e. The topological polar surface area (TPSA) is 81.6 Å². The van der Waals surface area contributed by atoms with Crippen LogP contribution in [0.15, 0.2) is 192 Å². The number of fused-ring (bicyclic) bond motifs is 10. The van der Waals surface area contributed by atoms with E-state index in [0.717, 1.165) is 127 Å². The summed E-state index contributed by atoms with van der Waals surface area (Å²) in [6.07, 6.45) is 11.1. The minimum absolute atomic E-state index is 0. The van der Waals surface area contributed by atoms with Gasteiger partial charge in [0.2, 0.25) is 0 Å². The Balaban J connectivity index is 0.00000672. The first-order valence-corrected chi connectivity index (χ1v) is 29.6. The van der Waals surface area contributed by atoms with Gasteiger partial charge in [-0.25, -0.2) is 9.97 Å². The summed E-state index contributed by atoms with van der Waals surface area (Å²) >= 11 is 0. The molecule has 0 unspecified atom stereocenters. The normalized spacial score (nSPS) is 15.3. The number of nitrogens with zero attached hydrogens (tertiary/aromatic N) is 5. The molecule has 85 heavy (non-hydrogen) atoms. The molecule has 0 saturated carbocycles. The van der Waals surface area contributed by atoms with Gasteiger partial charge in [0.15, 0.2) is 0 Å². The molecule has 0 fully saturated rings. The van der Waals surface area contributed by atoms with E-state index in [2.05, 4.69) is 253 Å². The van der Waals surface area contributed by atoms with Crippen molar-refractivity contribution >= 4 is 32.8 Å². The predicted octanol–water partition coefficient (Wildman–Crippen LogP) is 16.6. The fraction of sp³-hybridized carbons (Fsp3) is 0.234. The second-order valence-corrected chi connectivity index (χ2v) is 26.3. The smallest absolute Gasteiger partial charge is 0.345 e. The molecule has 0 bridgehead atoms. The zero-order valence-corrected chi connectivity index (χ0v) is 51.8. The van der Waals surface area contributed by atoms with Crippen LogP contribution in [0.1, 0.15) is 113 Å². The van der Waals surface area contributed by atoms with Gasteiger partial charge in [0, 0.05) is 39.5 Å². The first-order chi connectivity index (χ1) is 40.4. The monoisotopic (exact) mass is 1290 g/mol. The average molecular weight is 1290 g/mol. The van der Waals surface area contributed by atoms with Crippen molar-refractivity contribution in [2.45, 2.75) is 116 Å². The third-order valence-corrected chi connectivity index (χ3v) is 18.2. The molecular weight excluding hydrogens is 1220 g/mol. The van der Waals surface area contributed by atoms with E-state index in [0.29, 0.717) is 11.3 Å². The zero-order valence-electron chi connectivity index (χ0n) is 49.4. The summed E-state index contributed by atoms with van der Waals surface area (Å²) in [4.78, 5) is 41.8. The van der Waals surface area contributed by atoms with Crippen molar-refractivity contribution in [1.29, 1.82) is 0 Å². The van der Waals surface area contributed by atoms with Gasteiger partial charge in [-0.2, -0.15) is 0 Å². The fourth-order valence-corrected chi connectivity index (χ4v) is 15.0. The van der Waals surface area contributed by atoms with Crippen molar-refractivity contribution in [1.82, 2.24) is 23.8 Å². The van der Waals surface area contributed by atoms with Crippen molar-refractivity contribution in [3.05, 3.63) is 266 Å². The Kier molecular flexibility index (Phi) is 13.8. The standard InChI is InChI=1S/C77H66N5O2.Ir/c1-74(2)46-76(5,6)68-66(74)72(83)79-70-63-32-22-48(41-58(63)35-38-81(68)70)18-20-50-40-51(21-19-49-23-33-64-59(42-49)36-39-82-69-67(73(84)80-71(64)82)75(3,4)47-77(69,7)8)44-60(43-50)62-17-13-12-16-61(62)55-28-30-56(31-29-55)65-45-57(34-37-78-65)54-26-24-53(25-27-54)52-14-10-9-11-15-52;/h9-17,22-30,34-45H,18-21,46-47H2,1-8H3;/q-3;+3. The Morgan fingerprint density at radius 1 is 0.435 bits per heavy atom. The van der Waals surface area contributed by atoms with Crippen LogP contribution in [-0.4, -0.2) is 23.8 Å². The summed E-state index contributed by atoms with van der Waals surface area (Å²) in [5, 5.41) is 3.78. The largest absolute Gasteiger partial charge is 3.00 e. The Morgan fingerprint density at radius 3 is 1.42 bits per heavy atom. The van der Waals surface area contributed by atoms with Gasteiger partial charge in [0.1, 0.15) is 0 Å². The van der Waals surface area contributed by atoms with Crippen molar-refractivity contribution in [3.8, 4) is 55.8 Å². The summed E-state index contributed by atoms with van der Waals surface area (Å²) in [6, 6.07) is 69.4. The maximum atomic E-state index is 13.8. The minimum atomic E-state index is -0.247. The van der Waals surface area contributed by atoms with Crippen molar-refractivity contribution in [3.63, 3.8) is 0 Å². The number of aryl methyl sites for hydroxylation is 4. The number of hydrogen-bond donors (Lipinski definition) is 0. The second-order valence-electron chi connectivity index (χ2n) is 26.3. The van der Waals surface area contributed by atoms with Gasteiger partial charge in [-0.15, -0.1) is 98.9 Å². The molecule has 7 nitrogen and oxygen atoms in total. The first kappa shape index (κ1) is 55.8. The number of pyridine rings is 3. The summed E-state index contributed by atoms with van der Waals surface area (Å²) < 4.78 is 4.29. The van der Waals surface area contributed by atoms with Gasteiger partial charge in [-0.1, -0.05) is 195 Å². The predicted molar refractivity (Wildman–Crippen MR) is 342 cm³/mol. The maximum Gasteiger partial charge on any atom is 3.00 e. The molecule has 5 heterocycles. The molecule has 420 valence electrons. The Morgan fingerprint density at radius 2 is 0.906 bits per heavy atom. The molecule has 7 aromatic carbocycles. The molecule has 2 aliphatic carbocycles. The molecule has 0 radical (unpaired) electrons. The van der Waals surface area contributed by atoms with Crippen LogP contribution in [0.2, 0.25) is 0 Å². The van der Waals surface area contributed by atoms with Gasteiger partial charge >= 0.3 is 20.1 Å². The van der Waals surface area contributed by atoms with E-state index < -0.39 is 0 Å². The molecule has 0 spiro atoms. The van der Waals surface area contributed by atoms with Crippen molar-refractivity contribution in [2.24, 2.45) is 0 Å². The molecule has 0 saturated heterocycles. The molecule has 8 heteroatoms. The Bertz CT molecular complexity index is 4570. The van der Waals surface area contributed by atoms with E-state index in [-0.39, 0.29) is 52.9 Å². The zero-order chi connectivity index (χ0) is 57.9. The SMILES string of the molecule is CC1(C)CC(C)(C)c2c1c(=O)nc1c3[c-]cc(CCc4cc(CCc5c[c-]c6c(ccn7c8c(c(=O)nc67)C(C)(C)CC8(C)C)c5)cc(-c5ccccc5-c5c[c-]c(-c6cc(-c7ccc(-c8ccccc8)cc7)ccn6)cc5)c4)cc3ccn21.[Ir+3]. The van der Waals surface area contributed by atoms with Crippen molar-refractivity contribution < 1.29 is 20.1 Å². The van der Waals surface area contributed by atoms with Crippen LogP contribution in [0.5, 0.6) is 0 Å². The molecule has 0 atom stereocenters. The molecule has 5 aromatic heterocycles. The van der Waals surface area contributed by atoms with E-state index in [9.17, 15) is 9.59 Å². The van der Waals surface area contributed by atoms with Crippen LogP contribution in [-0.2, 0) is 67.4 Å². The molecule has 14 rings (SSSR count). The fourth-order valence-electron chi connectivity index (χ4n) is 15.0. The van der Waals surface area contributed by atoms with Gasteiger partial charge in [0.25, 0.3) is 11.1 Å². The number of hydrogen-bond acceptors (Lipinski definition) is 5. The summed E-state index contributed by atoms with van der Waals surface area (Å²) in [7, 11) is 0. The van der Waals surface area contributed by atoms with Gasteiger partial charge in [-0.3, -0.25) is 9.59 Å². The Labute approximate surface area is 510 Å². The van der Waals surface area contributed by atoms with Gasteiger partial charge in [-0.05, 0) is 105 Å². The van der Waals surface area contributed by atoms with Crippen molar-refractivity contribution in [2.75, 3.05) is 0 Å². The van der Waals surface area contributed by atoms with Crippen LogP contribution in [0, 0.1) is 18.2 Å². The third-order valence-electron chi connectivity index (χ3n) is 18.2. The second kappa shape index (κ2) is 21.0. The summed E-state index contributed by atoms with van der Waals surface area (Å²) in [5.74, 6) is 0. The molecule has 12 aromatic rings. The van der Waals surface area contributed by atoms with E-state index in [4.69, 9.17) is 15.0 Å². The number of aromatic nitrogens is 5. The van der Waals surface area contributed by atoms with Crippen LogP contribution in [0.25, 0.3) is 88.6 Å². The van der Waals surface area contributed by atoms with E-state index in [1.54, 1.807) is 0 Å². The third kappa shape index (κ3) is 9.97. The molecule has 2 aliphatic rings. The van der Waals surface area contributed by atoms with Gasteiger partial charge < -0.3 is 13.8 Å².